The molecule has 2 aromatic rings. The van der Waals surface area contributed by atoms with E-state index in [1.807, 2.05) is 6.92 Å². The van der Waals surface area contributed by atoms with Gasteiger partial charge in [0, 0.05) is 26.3 Å². The number of hydrogen-bond donors (Lipinski definition) is 2. The smallest absolute Gasteiger partial charge is 0.330 e. The van der Waals surface area contributed by atoms with Gasteiger partial charge in [-0.15, -0.1) is 0 Å². The first kappa shape index (κ1) is 23.0. The minimum Gasteiger partial charge on any atom is -0.497 e. The first-order chi connectivity index (χ1) is 14.4. The zero-order valence-electron chi connectivity index (χ0n) is 17.7. The number of nitrogen functional groups attached to an aromatic ring is 1. The third-order valence-corrected chi connectivity index (χ3v) is 4.62. The van der Waals surface area contributed by atoms with Gasteiger partial charge in [-0.25, -0.2) is 4.79 Å². The lowest BCUT2D eigenvalue weighted by atomic mass is 10.1. The second-order valence-electron chi connectivity index (χ2n) is 6.51. The number of nitrogens with one attached hydrogen (secondary N) is 1. The van der Waals surface area contributed by atoms with Gasteiger partial charge < -0.3 is 19.9 Å². The highest BCUT2D eigenvalue weighted by Gasteiger charge is 2.27. The summed E-state index contributed by atoms with van der Waals surface area (Å²) < 4.78 is 16.9. The number of unbranched alkanes of at least 4 members (excludes halogenated alkanes) is 1. The number of ether oxygens (including phenoxy) is 3. The number of aromatic amines is 1. The molecule has 0 atom stereocenters. The van der Waals surface area contributed by atoms with Crippen molar-refractivity contribution in [2.75, 3.05) is 45.1 Å². The molecule has 0 bridgehead atoms. The van der Waals surface area contributed by atoms with Gasteiger partial charge in [0.2, 0.25) is 0 Å². The number of hydrogen-bond acceptors (Lipinski definition) is 7. The summed E-state index contributed by atoms with van der Waals surface area (Å²) in [6.07, 6.45) is 1.52. The fourth-order valence-corrected chi connectivity index (χ4v) is 2.99. The fourth-order valence-electron chi connectivity index (χ4n) is 2.99. The predicted molar refractivity (Wildman–Crippen MR) is 114 cm³/mol. The maximum atomic E-state index is 13.4. The summed E-state index contributed by atoms with van der Waals surface area (Å²) in [5.74, 6) is 0.187. The molecule has 1 heterocycles. The Hall–Kier alpha value is -3.27. The molecule has 30 heavy (non-hydrogen) atoms. The lowest BCUT2D eigenvalue weighted by Gasteiger charge is -2.25. The third-order valence-electron chi connectivity index (χ3n) is 4.62. The normalized spacial score (nSPS) is 10.7. The highest BCUT2D eigenvalue weighted by molar-refractivity contribution is 6.09. The predicted octanol–water partition coefficient (Wildman–Crippen LogP) is 1.23. The maximum Gasteiger partial charge on any atom is 0.330 e. The minimum atomic E-state index is -0.748. The van der Waals surface area contributed by atoms with Gasteiger partial charge in [0.25, 0.3) is 11.5 Å². The molecule has 0 unspecified atom stereocenters. The summed E-state index contributed by atoms with van der Waals surface area (Å²) >= 11 is 0. The fraction of sp³-hybridized carbons (Fsp3) is 0.450. The molecule has 2 rings (SSSR count). The number of anilines is 2. The Morgan fingerprint density at radius 3 is 2.53 bits per heavy atom. The van der Waals surface area contributed by atoms with Crippen molar-refractivity contribution in [2.45, 2.75) is 26.3 Å². The van der Waals surface area contributed by atoms with Gasteiger partial charge in [-0.05, 0) is 18.6 Å². The van der Waals surface area contributed by atoms with Crippen LogP contribution in [0.4, 0.5) is 11.5 Å². The number of methoxy groups -OCH3 is 3. The van der Waals surface area contributed by atoms with Crippen LogP contribution in [0, 0.1) is 0 Å². The highest BCUT2D eigenvalue weighted by atomic mass is 16.5. The number of rotatable bonds is 10. The van der Waals surface area contributed by atoms with E-state index in [0.29, 0.717) is 18.7 Å². The molecule has 0 saturated carbocycles. The van der Waals surface area contributed by atoms with Crippen LogP contribution in [0.25, 0.3) is 0 Å². The molecule has 3 N–H and O–H groups in total. The van der Waals surface area contributed by atoms with Crippen molar-refractivity contribution < 1.29 is 19.0 Å². The number of H-pyrrole nitrogens is 1. The standard InChI is InChI=1S/C20H28N4O6/c1-5-6-9-24-17(21)16(18(25)22-20(24)27)23(10-11-28-2)19(26)14-8-7-13(29-3)12-15(14)30-4/h7-8,12H,5-6,9-11,21H2,1-4H3,(H,22,25,27). The number of nitrogens with two attached hydrogens (primary N) is 1. The zero-order valence-corrected chi connectivity index (χ0v) is 17.7. The molecule has 0 fully saturated rings. The number of nitrogens with zero attached hydrogens (tertiary/aromatic N) is 2. The molecule has 0 aliphatic rings. The molecule has 0 saturated heterocycles. The number of amides is 1. The van der Waals surface area contributed by atoms with E-state index in [1.165, 1.54) is 36.9 Å². The number of aromatic nitrogens is 2. The Kier molecular flexibility index (Phi) is 8.05. The Balaban J connectivity index is 2.62. The highest BCUT2D eigenvalue weighted by Crippen LogP contribution is 2.28. The SMILES string of the molecule is CCCCn1c(N)c(N(CCOC)C(=O)c2ccc(OC)cc2OC)c(=O)[nH]c1=O. The zero-order chi connectivity index (χ0) is 22.3. The maximum absolute atomic E-state index is 13.4. The first-order valence-corrected chi connectivity index (χ1v) is 9.54. The van der Waals surface area contributed by atoms with Crippen molar-refractivity contribution in [1.29, 1.82) is 0 Å². The minimum absolute atomic E-state index is 0.0454. The van der Waals surface area contributed by atoms with Crippen molar-refractivity contribution in [1.82, 2.24) is 9.55 Å². The Morgan fingerprint density at radius 1 is 1.20 bits per heavy atom. The lowest BCUT2D eigenvalue weighted by Crippen LogP contribution is -2.42. The van der Waals surface area contributed by atoms with Crippen molar-refractivity contribution in [3.05, 3.63) is 44.6 Å². The van der Waals surface area contributed by atoms with Crippen molar-refractivity contribution in [2.24, 2.45) is 0 Å². The summed E-state index contributed by atoms with van der Waals surface area (Å²) in [5.41, 5.74) is 4.93. The van der Waals surface area contributed by atoms with E-state index in [2.05, 4.69) is 4.98 Å². The van der Waals surface area contributed by atoms with Crippen molar-refractivity contribution in [3.8, 4) is 11.5 Å². The van der Waals surface area contributed by atoms with E-state index in [0.717, 1.165) is 6.42 Å². The van der Waals surface area contributed by atoms with Gasteiger partial charge in [0.15, 0.2) is 5.69 Å². The van der Waals surface area contributed by atoms with Crippen LogP contribution in [0.1, 0.15) is 30.1 Å². The largest absolute Gasteiger partial charge is 0.497 e. The van der Waals surface area contributed by atoms with Crippen LogP contribution in [0.5, 0.6) is 11.5 Å². The molecule has 0 spiro atoms. The average molecular weight is 420 g/mol. The summed E-state index contributed by atoms with van der Waals surface area (Å²) in [6.45, 7) is 2.49. The van der Waals surface area contributed by atoms with Crippen LogP contribution in [-0.4, -0.2) is 49.9 Å². The van der Waals surface area contributed by atoms with Crippen LogP contribution in [0.3, 0.4) is 0 Å². The number of carbonyl (C=O) groups excluding carboxylic acids is 1. The van der Waals surface area contributed by atoms with E-state index in [9.17, 15) is 14.4 Å². The topological polar surface area (TPSA) is 129 Å². The van der Waals surface area contributed by atoms with Gasteiger partial charge in [-0.2, -0.15) is 0 Å². The van der Waals surface area contributed by atoms with Crippen LogP contribution >= 0.6 is 0 Å². The van der Waals surface area contributed by atoms with Gasteiger partial charge in [0.05, 0.1) is 26.4 Å². The molecule has 1 amide bonds. The average Bonchev–Trinajstić information content (AvgIpc) is 2.74. The molecule has 10 heteroatoms. The summed E-state index contributed by atoms with van der Waals surface area (Å²) in [4.78, 5) is 41.7. The number of carbonyl (C=O) groups is 1. The van der Waals surface area contributed by atoms with E-state index >= 15 is 0 Å². The van der Waals surface area contributed by atoms with Crippen LogP contribution in [0.15, 0.2) is 27.8 Å². The van der Waals surface area contributed by atoms with E-state index in [1.54, 1.807) is 12.1 Å². The Labute approximate surface area is 174 Å². The van der Waals surface area contributed by atoms with E-state index in [-0.39, 0.29) is 36.0 Å². The molecule has 1 aromatic carbocycles. The molecular formula is C20H28N4O6. The quantitative estimate of drug-likeness (QED) is 0.591. The summed E-state index contributed by atoms with van der Waals surface area (Å²) in [6, 6.07) is 4.72. The Bertz CT molecular complexity index is 998. The summed E-state index contributed by atoms with van der Waals surface area (Å²) in [5, 5.41) is 0. The van der Waals surface area contributed by atoms with Crippen molar-refractivity contribution in [3.63, 3.8) is 0 Å². The molecule has 164 valence electrons. The van der Waals surface area contributed by atoms with Gasteiger partial charge in [0.1, 0.15) is 17.3 Å². The first-order valence-electron chi connectivity index (χ1n) is 9.54. The van der Waals surface area contributed by atoms with E-state index < -0.39 is 17.2 Å². The second kappa shape index (κ2) is 10.5. The molecule has 0 radical (unpaired) electrons. The molecular weight excluding hydrogens is 392 g/mol. The molecule has 10 nitrogen and oxygen atoms in total. The Morgan fingerprint density at radius 2 is 1.93 bits per heavy atom. The van der Waals surface area contributed by atoms with Gasteiger partial charge in [-0.3, -0.25) is 24.0 Å². The molecule has 0 aliphatic carbocycles. The van der Waals surface area contributed by atoms with Gasteiger partial charge in [-0.1, -0.05) is 13.3 Å². The van der Waals surface area contributed by atoms with Gasteiger partial charge >= 0.3 is 5.69 Å². The van der Waals surface area contributed by atoms with Crippen LogP contribution in [0.2, 0.25) is 0 Å². The molecule has 0 aliphatic heterocycles. The number of benzene rings is 1. The third kappa shape index (κ3) is 4.82. The molecule has 1 aromatic heterocycles. The summed E-state index contributed by atoms with van der Waals surface area (Å²) in [7, 11) is 4.41. The van der Waals surface area contributed by atoms with Crippen LogP contribution in [-0.2, 0) is 11.3 Å². The van der Waals surface area contributed by atoms with Crippen molar-refractivity contribution >= 4 is 17.4 Å². The van der Waals surface area contributed by atoms with E-state index in [4.69, 9.17) is 19.9 Å². The monoisotopic (exact) mass is 420 g/mol. The lowest BCUT2D eigenvalue weighted by molar-refractivity contribution is 0.0972. The van der Waals surface area contributed by atoms with Crippen LogP contribution < -0.4 is 31.4 Å². The second-order valence-corrected chi connectivity index (χ2v) is 6.51.